The van der Waals surface area contributed by atoms with Gasteiger partial charge in [-0.3, -0.25) is 9.59 Å². The van der Waals surface area contributed by atoms with Gasteiger partial charge in [-0.1, -0.05) is 142 Å². The highest BCUT2D eigenvalue weighted by molar-refractivity contribution is 5.79. The standard InChI is InChI=1S/C48H72O14.C47H70O14.CH4/c1-11-25(2)43-28(5)17-18-47(62-43)23-34-20-33(61-47)16-15-27(4)42(26(3)13-12-14-32-24-55-45-40(49)29(6)19-35(46(51)58-34)48(32,45)52)59-39-22-37(54-10)44(31(8)57-39)60-38-21-36(53-9)41(50)30(7)56-38;1-24(2)41-27(5)16-17-46(61-41)22-33-19-32(60-46)15-14-26(4)42(25(3)12-11-13-31-23-54-44-39(48)28(6)18-34(45(50)57-33)47(31,44)51)58-38-21-36(53-10)43(30(8)56-38)59-37-20-35(52-9)40(49)29(7)55-37;/h12-15,17-19,25-26,28,30-31,33-45,49-50,52H,11,16,20-24H2,1-10H3;11-14,16-18,24-25,27,29-30,32-44,48-49,51H,15,19-23H2,1-10H3;1H4/b13-12+,27-15+,32-14+;12-11+,26-14+,31-13+;/t25-,26-,28-,30-,31-,33+,34-,35-,36-,37-,38-,39-,40+,41-,42-,43+,44-,45+,47+,48+;25-,27-,29-,30-,32+,33-,34-,35-,36-,37-,38-,39+,40-,41+,42-,43-,44+,46+,47+;/m00./s1. The van der Waals surface area contributed by atoms with E-state index in [0.717, 1.165) is 17.6 Å². The zero-order valence-corrected chi connectivity index (χ0v) is 75.7. The van der Waals surface area contributed by atoms with E-state index in [1.165, 1.54) is 0 Å². The molecule has 0 aromatic rings. The molecule has 39 atom stereocenters. The molecular formula is C96H146O28. The van der Waals surface area contributed by atoms with Gasteiger partial charge in [-0.05, 0) is 126 Å². The van der Waals surface area contributed by atoms with E-state index in [0.29, 0.717) is 86.5 Å². The number of aliphatic hydroxyl groups is 6. The van der Waals surface area contributed by atoms with E-state index in [2.05, 4.69) is 79.7 Å². The molecule has 4 bridgehead atoms. The number of rotatable bonds is 15. The molecule has 0 saturated carbocycles. The maximum Gasteiger partial charge on any atom is 0.316 e. The molecule has 0 amide bonds. The number of carbonyl (C=O) groups is 2. The molecular weight excluding hydrogens is 1600 g/mol. The minimum absolute atomic E-state index is 0. The van der Waals surface area contributed by atoms with Gasteiger partial charge in [-0.15, -0.1) is 0 Å². The molecule has 28 heteroatoms. The molecule has 0 aromatic carbocycles. The molecule has 12 aliphatic heterocycles. The molecule has 8 saturated heterocycles. The summed E-state index contributed by atoms with van der Waals surface area (Å²) >= 11 is 0. The second-order valence-corrected chi connectivity index (χ2v) is 37.8. The fraction of sp³-hybridized carbons (Fsp3) is 0.771. The van der Waals surface area contributed by atoms with Crippen LogP contribution in [0.25, 0.3) is 0 Å². The first kappa shape index (κ1) is 98.4. The molecule has 0 aromatic heterocycles. The van der Waals surface area contributed by atoms with Gasteiger partial charge in [-0.25, -0.2) is 0 Å². The largest absolute Gasteiger partial charge is 0.462 e. The van der Waals surface area contributed by atoms with Crippen LogP contribution in [-0.4, -0.2) is 279 Å². The molecule has 0 radical (unpaired) electrons. The average Bonchev–Trinajstić information content (AvgIpc) is 1.55. The second kappa shape index (κ2) is 41.4. The van der Waals surface area contributed by atoms with E-state index < -0.39 is 182 Å². The predicted molar refractivity (Wildman–Crippen MR) is 457 cm³/mol. The maximum atomic E-state index is 14.3. The van der Waals surface area contributed by atoms with Crippen LogP contribution in [0.1, 0.15) is 189 Å². The van der Waals surface area contributed by atoms with Gasteiger partial charge in [0.1, 0.15) is 84.1 Å². The molecule has 698 valence electrons. The quantitative estimate of drug-likeness (QED) is 0.0655. The molecule has 8 fully saturated rings. The first-order chi connectivity index (χ1) is 58.5. The normalized spacial score (nSPS) is 48.8. The van der Waals surface area contributed by atoms with Gasteiger partial charge in [0.05, 0.1) is 98.7 Å². The van der Waals surface area contributed by atoms with Gasteiger partial charge < -0.3 is 125 Å². The van der Waals surface area contributed by atoms with E-state index in [1.54, 1.807) is 80.4 Å². The van der Waals surface area contributed by atoms with Crippen molar-refractivity contribution in [1.82, 2.24) is 0 Å². The number of carbonyl (C=O) groups excluding carboxylic acids is 2. The third-order valence-electron chi connectivity index (χ3n) is 28.5. The van der Waals surface area contributed by atoms with Crippen LogP contribution in [0.4, 0.5) is 0 Å². The first-order valence-corrected chi connectivity index (χ1v) is 45.2. The summed E-state index contributed by atoms with van der Waals surface area (Å²) in [6.07, 6.45) is 16.1. The SMILES string of the molecule is C.CC[C@H](C)[C@H]1O[C@]2(C=C[C@@H]1C)C[C@@H]1C[C@@H](C/C=C(\C)[C@@H](O[C@H]3C[C@H](OC)[C@@H](O[C@H]4C[C@H](OC)[C@@H](O)[C@H](C)O4)[C@H](C)O3)[C@@H](C)/C=C/C=C3\CO[C@@H]4[C@H](O)C(C)=C[C@@H](C(=O)O1)[C@]34O)O2.CO[C@H]1C[C@H](O[C@H]2[C@H](C)O[C@@H](O[C@@H]3/C(C)=C/C[C@@H]4C[C@@H](C[C@]5(C=C[C@H](C)[C@@H](C(C)C)O5)O4)OC(=O)[C@@H]4C=C(C)[C@@H](O)[C@H]5OC/C(=C\C=C\[C@@H]3C)[C@]54O)C[C@@H]2OC)O[C@@H](C)[C@@H]1O. The zero-order valence-electron chi connectivity index (χ0n) is 75.7. The van der Waals surface area contributed by atoms with E-state index in [1.807, 2.05) is 64.2 Å². The highest BCUT2D eigenvalue weighted by atomic mass is 16.8. The summed E-state index contributed by atoms with van der Waals surface area (Å²) < 4.78 is 127. The lowest BCUT2D eigenvalue weighted by atomic mass is 9.71. The molecule has 28 nitrogen and oxygen atoms in total. The van der Waals surface area contributed by atoms with Crippen molar-refractivity contribution in [1.29, 1.82) is 0 Å². The van der Waals surface area contributed by atoms with Crippen molar-refractivity contribution in [3.8, 4) is 0 Å². The number of hydrogen-bond acceptors (Lipinski definition) is 28. The van der Waals surface area contributed by atoms with Crippen LogP contribution < -0.4 is 0 Å². The van der Waals surface area contributed by atoms with Crippen LogP contribution in [0.2, 0.25) is 0 Å². The van der Waals surface area contributed by atoms with Crippen LogP contribution in [0.5, 0.6) is 0 Å². The van der Waals surface area contributed by atoms with Gasteiger partial charge in [0, 0.05) is 103 Å². The molecule has 14 rings (SSSR count). The molecule has 124 heavy (non-hydrogen) atoms. The fourth-order valence-electron chi connectivity index (χ4n) is 21.0. The highest BCUT2D eigenvalue weighted by Crippen LogP contribution is 2.51. The molecule has 14 aliphatic rings. The highest BCUT2D eigenvalue weighted by Gasteiger charge is 2.63. The number of fused-ring (bicyclic) bond motifs is 4. The number of hydrogen-bond donors (Lipinski definition) is 6. The molecule has 0 unspecified atom stereocenters. The Kier molecular flexibility index (Phi) is 32.9. The Bertz CT molecular complexity index is 3920. The summed E-state index contributed by atoms with van der Waals surface area (Å²) in [6, 6.07) is 0. The summed E-state index contributed by atoms with van der Waals surface area (Å²) in [6.45, 7) is 32.1. The van der Waals surface area contributed by atoms with Gasteiger partial charge in [0.15, 0.2) is 36.7 Å². The smallest absolute Gasteiger partial charge is 0.316 e. The summed E-state index contributed by atoms with van der Waals surface area (Å²) in [4.78, 5) is 28.6. The third kappa shape index (κ3) is 21.0. The monoisotopic (exact) mass is 1750 g/mol. The zero-order chi connectivity index (χ0) is 88.6. The Morgan fingerprint density at radius 1 is 0.460 bits per heavy atom. The number of methoxy groups -OCH3 is 4. The third-order valence-corrected chi connectivity index (χ3v) is 28.5. The lowest BCUT2D eigenvalue weighted by molar-refractivity contribution is -0.318. The Balaban J connectivity index is 0.000000224. The lowest BCUT2D eigenvalue weighted by Gasteiger charge is -2.48. The summed E-state index contributed by atoms with van der Waals surface area (Å²) in [5, 5.41) is 68.4. The van der Waals surface area contributed by atoms with Crippen LogP contribution in [0.3, 0.4) is 0 Å². The average molecular weight is 1750 g/mol. The summed E-state index contributed by atoms with van der Waals surface area (Å²) in [5.74, 6) is -5.18. The first-order valence-electron chi connectivity index (χ1n) is 45.2. The van der Waals surface area contributed by atoms with Gasteiger partial charge in [0.2, 0.25) is 0 Å². The second-order valence-electron chi connectivity index (χ2n) is 37.8. The summed E-state index contributed by atoms with van der Waals surface area (Å²) in [7, 11) is 6.44. The predicted octanol–water partition coefficient (Wildman–Crippen LogP) is 11.0. The van der Waals surface area contributed by atoms with E-state index in [-0.39, 0.29) is 92.8 Å². The molecule has 2 aliphatic carbocycles. The Labute approximate surface area is 734 Å². The summed E-state index contributed by atoms with van der Waals surface area (Å²) in [5.41, 5.74) is 0.263. The van der Waals surface area contributed by atoms with Crippen molar-refractivity contribution >= 4 is 11.9 Å². The van der Waals surface area contributed by atoms with Crippen LogP contribution >= 0.6 is 0 Å². The van der Waals surface area contributed by atoms with Crippen LogP contribution in [0, 0.1) is 47.3 Å². The molecule has 2 spiro atoms. The van der Waals surface area contributed by atoms with Gasteiger partial charge in [-0.2, -0.15) is 0 Å². The minimum atomic E-state index is -1.84. The lowest BCUT2D eigenvalue weighted by Crippen LogP contribution is -2.58. The molecule has 6 N–H and O–H groups in total. The van der Waals surface area contributed by atoms with E-state index >= 15 is 0 Å². The van der Waals surface area contributed by atoms with Crippen molar-refractivity contribution in [2.45, 2.75) is 383 Å². The van der Waals surface area contributed by atoms with Gasteiger partial charge >= 0.3 is 11.9 Å². The number of allylic oxidation sites excluding steroid dienone is 4. The van der Waals surface area contributed by atoms with E-state index in [4.69, 9.17) is 94.7 Å². The van der Waals surface area contributed by atoms with Crippen LogP contribution in [0.15, 0.2) is 119 Å². The minimum Gasteiger partial charge on any atom is -0.462 e. The van der Waals surface area contributed by atoms with E-state index in [9.17, 15) is 40.2 Å². The Hall–Kier alpha value is -4.62. The van der Waals surface area contributed by atoms with Crippen LogP contribution in [-0.2, 0) is 104 Å². The van der Waals surface area contributed by atoms with Gasteiger partial charge in [0.25, 0.3) is 0 Å². The van der Waals surface area contributed by atoms with Crippen molar-refractivity contribution in [3.63, 3.8) is 0 Å². The topological polar surface area (TPSA) is 340 Å². The number of ether oxygens (including phenoxy) is 20. The van der Waals surface area contributed by atoms with Crippen molar-refractivity contribution in [2.24, 2.45) is 47.3 Å². The number of aliphatic hydroxyl groups excluding tert-OH is 4. The fourth-order valence-corrected chi connectivity index (χ4v) is 21.0. The Morgan fingerprint density at radius 2 is 0.831 bits per heavy atom. The Morgan fingerprint density at radius 3 is 1.22 bits per heavy atom. The van der Waals surface area contributed by atoms with Crippen molar-refractivity contribution in [3.05, 3.63) is 119 Å². The van der Waals surface area contributed by atoms with Crippen molar-refractivity contribution < 1.29 is 135 Å². The van der Waals surface area contributed by atoms with Crippen molar-refractivity contribution in [2.75, 3.05) is 41.7 Å². The molecule has 12 heterocycles. The number of esters is 2. The maximum absolute atomic E-state index is 14.3.